The maximum Gasteiger partial charge on any atom is 0.0651 e. The third-order valence-corrected chi connectivity index (χ3v) is 4.81. The Kier molecular flexibility index (Phi) is 2.79. The van der Waals surface area contributed by atoms with Crippen molar-refractivity contribution in [2.24, 2.45) is 0 Å². The van der Waals surface area contributed by atoms with Crippen LogP contribution in [0.25, 0.3) is 10.8 Å². The van der Waals surface area contributed by atoms with E-state index in [1.54, 1.807) is 0 Å². The molecular formula is C17H20N2O. The number of fused-ring (bicyclic) bond motifs is 1. The lowest BCUT2D eigenvalue weighted by atomic mass is 10.0. The van der Waals surface area contributed by atoms with Crippen molar-refractivity contribution >= 4 is 10.8 Å². The number of morpholine rings is 1. The summed E-state index contributed by atoms with van der Waals surface area (Å²) in [6.45, 7) is 5.89. The number of hydrogen-bond donors (Lipinski definition) is 0. The van der Waals surface area contributed by atoms with E-state index in [-0.39, 0.29) is 0 Å². The molecule has 0 unspecified atom stereocenters. The van der Waals surface area contributed by atoms with Gasteiger partial charge in [0.15, 0.2) is 0 Å². The third-order valence-electron chi connectivity index (χ3n) is 4.81. The summed E-state index contributed by atoms with van der Waals surface area (Å²) in [5.41, 5.74) is 2.80. The van der Waals surface area contributed by atoms with Crippen LogP contribution in [-0.4, -0.2) is 35.2 Å². The number of hydrogen-bond acceptors (Lipinski definition) is 3. The number of rotatable bonds is 2. The summed E-state index contributed by atoms with van der Waals surface area (Å²) < 4.78 is 5.66. The Morgan fingerprint density at radius 2 is 2.05 bits per heavy atom. The monoisotopic (exact) mass is 268 g/mol. The minimum Gasteiger partial charge on any atom is -0.378 e. The lowest BCUT2D eigenvalue weighted by Crippen LogP contribution is -2.46. The van der Waals surface area contributed by atoms with E-state index in [2.05, 4.69) is 47.3 Å². The zero-order chi connectivity index (χ0) is 13.6. The van der Waals surface area contributed by atoms with Crippen LogP contribution in [0.15, 0.2) is 30.5 Å². The van der Waals surface area contributed by atoms with Gasteiger partial charge in [0, 0.05) is 35.9 Å². The third kappa shape index (κ3) is 1.93. The van der Waals surface area contributed by atoms with Gasteiger partial charge in [-0.25, -0.2) is 0 Å². The van der Waals surface area contributed by atoms with Crippen LogP contribution >= 0.6 is 0 Å². The van der Waals surface area contributed by atoms with E-state index < -0.39 is 0 Å². The second kappa shape index (κ2) is 4.54. The molecule has 1 aromatic carbocycles. The molecular weight excluding hydrogens is 248 g/mol. The van der Waals surface area contributed by atoms with Gasteiger partial charge >= 0.3 is 0 Å². The highest BCUT2D eigenvalue weighted by Crippen LogP contribution is 2.44. The second-order valence-corrected chi connectivity index (χ2v) is 6.11. The van der Waals surface area contributed by atoms with E-state index in [1.807, 2.05) is 0 Å². The quantitative estimate of drug-likeness (QED) is 0.837. The molecule has 1 aliphatic heterocycles. The van der Waals surface area contributed by atoms with E-state index in [0.717, 1.165) is 32.0 Å². The Bertz CT molecular complexity index is 648. The van der Waals surface area contributed by atoms with Crippen LogP contribution in [0.1, 0.15) is 24.1 Å². The van der Waals surface area contributed by atoms with Gasteiger partial charge in [-0.3, -0.25) is 9.88 Å². The van der Waals surface area contributed by atoms with Crippen molar-refractivity contribution in [2.45, 2.75) is 31.8 Å². The molecule has 1 aromatic heterocycles. The van der Waals surface area contributed by atoms with Crippen molar-refractivity contribution in [1.29, 1.82) is 0 Å². The number of benzene rings is 1. The molecule has 2 heterocycles. The first-order valence-corrected chi connectivity index (χ1v) is 7.45. The lowest BCUT2D eigenvalue weighted by Gasteiger charge is -2.36. The Hall–Kier alpha value is -1.45. The summed E-state index contributed by atoms with van der Waals surface area (Å²) in [7, 11) is 0. The Morgan fingerprint density at radius 3 is 2.85 bits per heavy atom. The summed E-state index contributed by atoms with van der Waals surface area (Å²) >= 11 is 0. The van der Waals surface area contributed by atoms with Crippen LogP contribution in [0.5, 0.6) is 0 Å². The largest absolute Gasteiger partial charge is 0.378 e. The Balaban J connectivity index is 1.70. The molecule has 0 amide bonds. The van der Waals surface area contributed by atoms with Gasteiger partial charge in [0.2, 0.25) is 0 Å². The molecule has 0 N–H and O–H groups in total. The molecule has 1 spiro atoms. The highest BCUT2D eigenvalue weighted by molar-refractivity contribution is 5.87. The van der Waals surface area contributed by atoms with Gasteiger partial charge in [-0.05, 0) is 30.7 Å². The predicted molar refractivity (Wildman–Crippen MR) is 79.7 cm³/mol. The summed E-state index contributed by atoms with van der Waals surface area (Å²) in [4.78, 5) is 7.19. The number of nitrogens with zero attached hydrogens (tertiary/aromatic N) is 2. The number of ether oxygens (including phenoxy) is 1. The summed E-state index contributed by atoms with van der Waals surface area (Å²) in [5.74, 6) is 0. The fourth-order valence-electron chi connectivity index (χ4n) is 3.34. The Labute approximate surface area is 119 Å². The lowest BCUT2D eigenvalue weighted by molar-refractivity contribution is -0.0243. The molecule has 4 rings (SSSR count). The molecule has 1 aliphatic carbocycles. The van der Waals surface area contributed by atoms with Crippen molar-refractivity contribution in [3.05, 3.63) is 41.7 Å². The molecule has 3 nitrogen and oxygen atoms in total. The Morgan fingerprint density at radius 1 is 1.25 bits per heavy atom. The molecule has 0 atom stereocenters. The molecule has 3 heteroatoms. The second-order valence-electron chi connectivity index (χ2n) is 6.11. The van der Waals surface area contributed by atoms with Crippen LogP contribution in [0.2, 0.25) is 0 Å². The first kappa shape index (κ1) is 12.3. The number of pyridine rings is 1. The maximum atomic E-state index is 5.66. The fourth-order valence-corrected chi connectivity index (χ4v) is 3.34. The van der Waals surface area contributed by atoms with Crippen molar-refractivity contribution in [2.75, 3.05) is 19.8 Å². The fraction of sp³-hybridized carbons (Fsp3) is 0.471. The first-order chi connectivity index (χ1) is 9.78. The first-order valence-electron chi connectivity index (χ1n) is 7.45. The van der Waals surface area contributed by atoms with Gasteiger partial charge in [0.1, 0.15) is 0 Å². The van der Waals surface area contributed by atoms with Crippen LogP contribution in [-0.2, 0) is 11.3 Å². The molecule has 0 radical (unpaired) electrons. The summed E-state index contributed by atoms with van der Waals surface area (Å²) in [6, 6.07) is 8.61. The van der Waals surface area contributed by atoms with Crippen LogP contribution < -0.4 is 0 Å². The van der Waals surface area contributed by atoms with Gasteiger partial charge in [0.05, 0.1) is 13.2 Å². The van der Waals surface area contributed by atoms with Crippen molar-refractivity contribution in [3.8, 4) is 0 Å². The van der Waals surface area contributed by atoms with Crippen LogP contribution in [0.4, 0.5) is 0 Å². The highest BCUT2D eigenvalue weighted by atomic mass is 16.5. The van der Waals surface area contributed by atoms with E-state index in [1.165, 1.54) is 29.2 Å². The van der Waals surface area contributed by atoms with Gasteiger partial charge in [-0.1, -0.05) is 24.3 Å². The zero-order valence-electron chi connectivity index (χ0n) is 11.9. The minimum atomic E-state index is 0.338. The molecule has 104 valence electrons. The topological polar surface area (TPSA) is 25.4 Å². The molecule has 2 aliphatic rings. The van der Waals surface area contributed by atoms with E-state index in [4.69, 9.17) is 4.74 Å². The highest BCUT2D eigenvalue weighted by Gasteiger charge is 2.49. The van der Waals surface area contributed by atoms with E-state index in [9.17, 15) is 0 Å². The van der Waals surface area contributed by atoms with E-state index in [0.29, 0.717) is 5.54 Å². The average Bonchev–Trinajstić information content (AvgIpc) is 3.25. The maximum absolute atomic E-state index is 5.66. The van der Waals surface area contributed by atoms with Crippen LogP contribution in [0, 0.1) is 6.92 Å². The smallest absolute Gasteiger partial charge is 0.0651 e. The number of aromatic nitrogens is 1. The summed E-state index contributed by atoms with van der Waals surface area (Å²) in [5, 5.41) is 2.63. The zero-order valence-corrected chi connectivity index (χ0v) is 11.9. The molecule has 20 heavy (non-hydrogen) atoms. The van der Waals surface area contributed by atoms with Crippen molar-refractivity contribution in [3.63, 3.8) is 0 Å². The van der Waals surface area contributed by atoms with Gasteiger partial charge < -0.3 is 4.74 Å². The van der Waals surface area contributed by atoms with Gasteiger partial charge in [0.25, 0.3) is 0 Å². The standard InChI is InChI=1S/C17H20N2O/c1-13-15-4-2-3-5-16(15)14(10-18-13)11-19-8-9-20-12-17(19)6-7-17/h2-5,10H,6-9,11-12H2,1H3. The predicted octanol–water partition coefficient (Wildman–Crippen LogP) is 2.91. The normalized spacial score (nSPS) is 21.4. The average molecular weight is 268 g/mol. The molecule has 1 saturated carbocycles. The van der Waals surface area contributed by atoms with E-state index >= 15 is 0 Å². The van der Waals surface area contributed by atoms with Crippen LogP contribution in [0.3, 0.4) is 0 Å². The summed E-state index contributed by atoms with van der Waals surface area (Å²) in [6.07, 6.45) is 4.62. The minimum absolute atomic E-state index is 0.338. The molecule has 1 saturated heterocycles. The van der Waals surface area contributed by atoms with Gasteiger partial charge in [-0.2, -0.15) is 0 Å². The van der Waals surface area contributed by atoms with Crippen molar-refractivity contribution in [1.82, 2.24) is 9.88 Å². The van der Waals surface area contributed by atoms with Gasteiger partial charge in [-0.15, -0.1) is 0 Å². The molecule has 2 aromatic rings. The number of aryl methyl sites for hydroxylation is 1. The molecule has 0 bridgehead atoms. The molecule has 2 fully saturated rings. The van der Waals surface area contributed by atoms with Crippen molar-refractivity contribution < 1.29 is 4.74 Å². The SMILES string of the molecule is Cc1ncc(CN2CCOCC23CC3)c2ccccc12.